The fourth-order valence-corrected chi connectivity index (χ4v) is 1.05. The van der Waals surface area contributed by atoms with Gasteiger partial charge in [-0.25, -0.2) is 0 Å². The van der Waals surface area contributed by atoms with E-state index in [1.54, 1.807) is 14.2 Å². The van der Waals surface area contributed by atoms with E-state index in [0.717, 1.165) is 0 Å². The Bertz CT molecular complexity index is 73.7. The van der Waals surface area contributed by atoms with Crippen molar-refractivity contribution in [2.24, 2.45) is 0 Å². The minimum absolute atomic E-state index is 0. The predicted molar refractivity (Wildman–Crippen MR) is 43.9 cm³/mol. The summed E-state index contributed by atoms with van der Waals surface area (Å²) in [5.41, 5.74) is 0. The van der Waals surface area contributed by atoms with Crippen LogP contribution in [0.4, 0.5) is 0 Å². The zero-order valence-corrected chi connectivity index (χ0v) is 9.58. The molecule has 0 aliphatic rings. The van der Waals surface area contributed by atoms with Gasteiger partial charge in [-0.05, 0) is 0 Å². The molecule has 0 unspecified atom stereocenters. The molecule has 0 aromatic rings. The zero-order valence-electron chi connectivity index (χ0n) is 9.17. The van der Waals surface area contributed by atoms with Gasteiger partial charge in [-0.2, -0.15) is 0 Å². The summed E-state index contributed by atoms with van der Waals surface area (Å²) in [6.07, 6.45) is 0. The summed E-state index contributed by atoms with van der Waals surface area (Å²) in [4.78, 5) is 0. The predicted octanol–water partition coefficient (Wildman–Crippen LogP) is -3.30. The van der Waals surface area contributed by atoms with E-state index in [1.165, 1.54) is 0 Å². The maximum atomic E-state index is 5.16. The Kier molecular flexibility index (Phi) is 18.6. The molecule has 0 heterocycles. The minimum Gasteiger partial charge on any atom is -1.00 e. The number of rotatable bonds is 8. The van der Waals surface area contributed by atoms with Crippen molar-refractivity contribution in [1.82, 2.24) is 0 Å². The summed E-state index contributed by atoms with van der Waals surface area (Å²) in [7, 11) is 3.30. The fraction of sp³-hybridized carbons (Fsp3) is 1.00. The number of ether oxygens (including phenoxy) is 2. The van der Waals surface area contributed by atoms with E-state index in [0.29, 0.717) is 26.4 Å². The summed E-state index contributed by atoms with van der Waals surface area (Å²) in [5, 5.41) is 0. The molecule has 0 saturated heterocycles. The molecule has 0 aromatic heterocycles. The van der Waals surface area contributed by atoms with E-state index in [9.17, 15) is 0 Å². The molecule has 0 spiro atoms. The summed E-state index contributed by atoms with van der Waals surface area (Å²) < 4.78 is 19.9. The van der Waals surface area contributed by atoms with Gasteiger partial charge in [0.1, 0.15) is 0 Å². The molecule has 0 radical (unpaired) electrons. The molecule has 12 heavy (non-hydrogen) atoms. The Morgan fingerprint density at radius 2 is 1.33 bits per heavy atom. The maximum Gasteiger partial charge on any atom is 1.00 e. The first kappa shape index (κ1) is 15.4. The van der Waals surface area contributed by atoms with Gasteiger partial charge in [0.15, 0.2) is 0 Å². The molecule has 0 aliphatic carbocycles. The van der Waals surface area contributed by atoms with Crippen LogP contribution in [0.5, 0.6) is 0 Å². The Morgan fingerprint density at radius 1 is 0.917 bits per heavy atom. The Balaban J connectivity index is -0.000000500. The largest absolute Gasteiger partial charge is 1.00 e. The maximum absolute atomic E-state index is 5.16. The molecular weight excluding hydrogens is 170 g/mol. The summed E-state index contributed by atoms with van der Waals surface area (Å²) in [6.45, 7) is 2.55. The van der Waals surface area contributed by atoms with Gasteiger partial charge in [0, 0.05) is 27.4 Å². The topological polar surface area (TPSA) is 36.9 Å². The van der Waals surface area contributed by atoms with Gasteiger partial charge in [-0.15, -0.1) is 0 Å². The molecule has 0 N–H and O–H groups in total. The molecule has 0 rings (SSSR count). The van der Waals surface area contributed by atoms with Gasteiger partial charge >= 0.3 is 34.7 Å². The third kappa shape index (κ3) is 13.6. The van der Waals surface area contributed by atoms with Crippen molar-refractivity contribution in [2.75, 3.05) is 40.6 Å². The van der Waals surface area contributed by atoms with Crippen molar-refractivity contribution >= 4 is 15.9 Å². The first-order valence-electron chi connectivity index (χ1n) is 3.55. The van der Waals surface area contributed by atoms with Crippen molar-refractivity contribution in [3.8, 4) is 0 Å². The van der Waals surface area contributed by atoms with E-state index in [-0.39, 0.29) is 20.3 Å². The van der Waals surface area contributed by atoms with Crippen molar-refractivity contribution in [1.29, 1.82) is 0 Å². The zero-order chi connectivity index (χ0) is 8.36. The Hall–Kier alpha value is 0.970. The molecule has 0 aliphatic heterocycles. The molecule has 4 nitrogen and oxygen atoms in total. The van der Waals surface area contributed by atoms with E-state index >= 15 is 0 Å². The molecule has 0 fully saturated rings. The average molecular weight is 186 g/mol. The van der Waals surface area contributed by atoms with Gasteiger partial charge < -0.3 is 18.5 Å². The molecule has 68 valence electrons. The quantitative estimate of drug-likeness (QED) is 0.294. The SMILES string of the molecule is COCC[O][AlH][O]CCOC.[H-].[Li+]. The summed E-state index contributed by atoms with van der Waals surface area (Å²) in [6, 6.07) is 0. The second kappa shape index (κ2) is 14.5. The first-order valence-corrected chi connectivity index (χ1v) is 4.70. The van der Waals surface area contributed by atoms with Crippen LogP contribution in [0.1, 0.15) is 1.43 Å². The summed E-state index contributed by atoms with van der Waals surface area (Å²) in [5.74, 6) is 0. The van der Waals surface area contributed by atoms with E-state index < -0.39 is 15.9 Å². The molecule has 0 aromatic carbocycles. The number of methoxy groups -OCH3 is 2. The fourth-order valence-electron chi connectivity index (χ4n) is 0.461. The van der Waals surface area contributed by atoms with Gasteiger partial charge in [0.2, 0.25) is 0 Å². The van der Waals surface area contributed by atoms with Crippen LogP contribution in [0.3, 0.4) is 0 Å². The Labute approximate surface area is 93.9 Å². The molecule has 6 heteroatoms. The van der Waals surface area contributed by atoms with E-state index in [1.807, 2.05) is 0 Å². The van der Waals surface area contributed by atoms with Crippen LogP contribution in [0.15, 0.2) is 0 Å². The molecule has 0 bridgehead atoms. The van der Waals surface area contributed by atoms with Crippen LogP contribution in [0, 0.1) is 0 Å². The third-order valence-corrected chi connectivity index (χ3v) is 1.94. The number of hydrogen-bond acceptors (Lipinski definition) is 4. The third-order valence-electron chi connectivity index (χ3n) is 1.03. The number of hydrogen-bond donors (Lipinski definition) is 0. The average Bonchev–Trinajstić information content (AvgIpc) is 2.03. The minimum atomic E-state index is -0.789. The van der Waals surface area contributed by atoms with Crippen LogP contribution < -0.4 is 18.9 Å². The second-order valence-electron chi connectivity index (χ2n) is 1.92. The van der Waals surface area contributed by atoms with Gasteiger partial charge in [0.05, 0.1) is 13.2 Å². The van der Waals surface area contributed by atoms with Gasteiger partial charge in [-0.1, -0.05) is 0 Å². The molecule has 0 saturated carbocycles. The summed E-state index contributed by atoms with van der Waals surface area (Å²) >= 11 is -0.789. The second-order valence-corrected chi connectivity index (χ2v) is 2.97. The van der Waals surface area contributed by atoms with Crippen molar-refractivity contribution in [3.63, 3.8) is 0 Å². The van der Waals surface area contributed by atoms with Gasteiger partial charge in [-0.3, -0.25) is 0 Å². The van der Waals surface area contributed by atoms with E-state index in [4.69, 9.17) is 17.1 Å². The van der Waals surface area contributed by atoms with Crippen molar-refractivity contribution in [3.05, 3.63) is 0 Å². The van der Waals surface area contributed by atoms with Gasteiger partial charge in [0.25, 0.3) is 0 Å². The Morgan fingerprint density at radius 3 is 1.67 bits per heavy atom. The van der Waals surface area contributed by atoms with Crippen molar-refractivity contribution < 1.29 is 37.3 Å². The van der Waals surface area contributed by atoms with E-state index in [2.05, 4.69) is 0 Å². The molecule has 0 atom stereocenters. The molecular formula is C6H16AlLiO4. The normalized spacial score (nSPS) is 9.17. The monoisotopic (exact) mass is 186 g/mol. The van der Waals surface area contributed by atoms with Crippen LogP contribution in [-0.4, -0.2) is 56.5 Å². The van der Waals surface area contributed by atoms with Crippen LogP contribution in [0.2, 0.25) is 0 Å². The first-order chi connectivity index (χ1) is 5.41. The van der Waals surface area contributed by atoms with Crippen LogP contribution in [0.25, 0.3) is 0 Å². The smallest absolute Gasteiger partial charge is 1.00 e. The standard InChI is InChI=1S/2C3H7O2.Al.Li.2H/c2*1-5-3-2-4;;;;/h2*2-3H2,1H3;;;;/q2*-1;+2;+1;;-1. The van der Waals surface area contributed by atoms with Crippen molar-refractivity contribution in [2.45, 2.75) is 0 Å². The van der Waals surface area contributed by atoms with Crippen LogP contribution in [-0.2, 0) is 17.1 Å². The molecule has 0 amide bonds. The van der Waals surface area contributed by atoms with Crippen LogP contribution >= 0.6 is 0 Å².